The zero-order valence-corrected chi connectivity index (χ0v) is 10.5. The van der Waals surface area contributed by atoms with Gasteiger partial charge >= 0.3 is 0 Å². The molecule has 18 heavy (non-hydrogen) atoms. The summed E-state index contributed by atoms with van der Waals surface area (Å²) in [5.41, 5.74) is 13.5. The lowest BCUT2D eigenvalue weighted by molar-refractivity contribution is 0.285. The summed E-state index contributed by atoms with van der Waals surface area (Å²) in [6.45, 7) is 2.37. The molecule has 1 aromatic carbocycles. The molecular formula is C13H22N4O. The molecule has 0 aliphatic carbocycles. The van der Waals surface area contributed by atoms with E-state index in [4.69, 9.17) is 16.6 Å². The molecule has 0 spiro atoms. The monoisotopic (exact) mass is 250 g/mol. The highest BCUT2D eigenvalue weighted by molar-refractivity contribution is 5.54. The zero-order valence-electron chi connectivity index (χ0n) is 10.5. The number of nitrogens with one attached hydrogen (secondary N) is 1. The van der Waals surface area contributed by atoms with Crippen molar-refractivity contribution in [3.05, 3.63) is 24.3 Å². The number of nitrogens with two attached hydrogens (primary N) is 2. The number of hydrogen-bond donors (Lipinski definition) is 4. The largest absolute Gasteiger partial charge is 0.399 e. The summed E-state index contributed by atoms with van der Waals surface area (Å²) >= 11 is 0. The zero-order chi connectivity index (χ0) is 13.0. The van der Waals surface area contributed by atoms with Gasteiger partial charge in [0.2, 0.25) is 0 Å². The molecule has 1 aliphatic heterocycles. The van der Waals surface area contributed by atoms with Crippen LogP contribution in [0.3, 0.4) is 0 Å². The third-order valence-electron chi connectivity index (χ3n) is 3.46. The Balaban J connectivity index is 2.04. The summed E-state index contributed by atoms with van der Waals surface area (Å²) in [4.78, 5) is 2.31. The average Bonchev–Trinajstić information content (AvgIpc) is 2.80. The van der Waals surface area contributed by atoms with Crippen LogP contribution in [0.25, 0.3) is 0 Å². The number of rotatable bonds is 5. The first-order valence-electron chi connectivity index (χ1n) is 6.41. The molecule has 0 radical (unpaired) electrons. The molecule has 1 aliphatic rings. The average molecular weight is 250 g/mol. The molecule has 0 aromatic heterocycles. The molecule has 1 saturated heterocycles. The smallest absolute Gasteiger partial charge is 0.0556 e. The van der Waals surface area contributed by atoms with Gasteiger partial charge in [-0.3, -0.25) is 0 Å². The Morgan fingerprint density at radius 2 is 2.06 bits per heavy atom. The van der Waals surface area contributed by atoms with Crippen LogP contribution in [0, 0.1) is 0 Å². The van der Waals surface area contributed by atoms with Gasteiger partial charge in [0.05, 0.1) is 6.61 Å². The first-order chi connectivity index (χ1) is 8.74. The van der Waals surface area contributed by atoms with Gasteiger partial charge in [0, 0.05) is 43.1 Å². The quantitative estimate of drug-likeness (QED) is 0.542. The van der Waals surface area contributed by atoms with Crippen molar-refractivity contribution in [3.8, 4) is 0 Å². The van der Waals surface area contributed by atoms with Gasteiger partial charge in [0.25, 0.3) is 0 Å². The Labute approximate surface area is 108 Å². The van der Waals surface area contributed by atoms with Crippen molar-refractivity contribution < 1.29 is 5.11 Å². The molecule has 2 atom stereocenters. The first kappa shape index (κ1) is 13.1. The van der Waals surface area contributed by atoms with Crippen LogP contribution < -0.4 is 21.7 Å². The van der Waals surface area contributed by atoms with Crippen LogP contribution in [0.2, 0.25) is 0 Å². The van der Waals surface area contributed by atoms with Crippen molar-refractivity contribution in [1.82, 2.24) is 5.32 Å². The fourth-order valence-electron chi connectivity index (χ4n) is 2.54. The molecule has 1 heterocycles. The van der Waals surface area contributed by atoms with Crippen LogP contribution in [0.4, 0.5) is 11.4 Å². The second kappa shape index (κ2) is 6.04. The van der Waals surface area contributed by atoms with Gasteiger partial charge < -0.3 is 26.8 Å². The topological polar surface area (TPSA) is 87.5 Å². The van der Waals surface area contributed by atoms with Crippen LogP contribution in [-0.4, -0.2) is 43.4 Å². The number of aliphatic hydroxyl groups is 1. The molecule has 5 nitrogen and oxygen atoms in total. The van der Waals surface area contributed by atoms with Crippen LogP contribution in [0.5, 0.6) is 0 Å². The fourth-order valence-corrected chi connectivity index (χ4v) is 2.54. The molecular weight excluding hydrogens is 228 g/mol. The summed E-state index contributed by atoms with van der Waals surface area (Å²) < 4.78 is 0. The second-order valence-corrected chi connectivity index (χ2v) is 4.74. The van der Waals surface area contributed by atoms with Crippen molar-refractivity contribution in [3.63, 3.8) is 0 Å². The van der Waals surface area contributed by atoms with Crippen LogP contribution in [0.1, 0.15) is 6.42 Å². The van der Waals surface area contributed by atoms with Gasteiger partial charge in [0.1, 0.15) is 0 Å². The summed E-state index contributed by atoms with van der Waals surface area (Å²) in [7, 11) is 0. The third kappa shape index (κ3) is 2.93. The summed E-state index contributed by atoms with van der Waals surface area (Å²) in [6.07, 6.45) is 1.01. The van der Waals surface area contributed by atoms with Gasteiger partial charge in [-0.2, -0.15) is 0 Å². The number of benzene rings is 1. The van der Waals surface area contributed by atoms with Gasteiger partial charge in [-0.25, -0.2) is 0 Å². The van der Waals surface area contributed by atoms with Crippen molar-refractivity contribution >= 4 is 11.4 Å². The van der Waals surface area contributed by atoms with Gasteiger partial charge in [0.15, 0.2) is 0 Å². The number of anilines is 2. The Hall–Kier alpha value is -1.30. The minimum absolute atomic E-state index is 0.172. The molecule has 1 aromatic rings. The maximum absolute atomic E-state index is 8.85. The molecule has 0 amide bonds. The lowest BCUT2D eigenvalue weighted by Gasteiger charge is -2.25. The normalized spacial score (nSPS) is 23.6. The molecule has 100 valence electrons. The van der Waals surface area contributed by atoms with Gasteiger partial charge in [-0.05, 0) is 30.7 Å². The fraction of sp³-hybridized carbons (Fsp3) is 0.538. The van der Waals surface area contributed by atoms with E-state index in [1.165, 1.54) is 0 Å². The second-order valence-electron chi connectivity index (χ2n) is 4.74. The predicted molar refractivity (Wildman–Crippen MR) is 74.5 cm³/mol. The Morgan fingerprint density at radius 3 is 2.67 bits per heavy atom. The van der Waals surface area contributed by atoms with Crippen molar-refractivity contribution in [1.29, 1.82) is 0 Å². The number of nitrogen functional groups attached to an aromatic ring is 1. The lowest BCUT2D eigenvalue weighted by Crippen LogP contribution is -2.36. The Morgan fingerprint density at radius 1 is 1.33 bits per heavy atom. The van der Waals surface area contributed by atoms with Crippen LogP contribution in [0.15, 0.2) is 24.3 Å². The van der Waals surface area contributed by atoms with Gasteiger partial charge in [-0.15, -0.1) is 0 Å². The highest BCUT2D eigenvalue weighted by atomic mass is 16.3. The summed E-state index contributed by atoms with van der Waals surface area (Å²) in [5, 5.41) is 12.2. The van der Waals surface area contributed by atoms with E-state index in [0.717, 1.165) is 24.3 Å². The maximum Gasteiger partial charge on any atom is 0.0556 e. The molecule has 0 bridgehead atoms. The molecule has 2 rings (SSSR count). The van der Waals surface area contributed by atoms with Gasteiger partial charge in [-0.1, -0.05) is 0 Å². The Kier molecular flexibility index (Phi) is 4.41. The molecule has 5 heteroatoms. The van der Waals surface area contributed by atoms with Crippen molar-refractivity contribution in [2.45, 2.75) is 18.5 Å². The number of nitrogens with zero attached hydrogens (tertiary/aromatic N) is 1. The molecule has 1 fully saturated rings. The van der Waals surface area contributed by atoms with E-state index in [1.54, 1.807) is 0 Å². The van der Waals surface area contributed by atoms with E-state index in [2.05, 4.69) is 10.2 Å². The van der Waals surface area contributed by atoms with E-state index in [9.17, 15) is 0 Å². The van der Waals surface area contributed by atoms with E-state index in [1.807, 2.05) is 24.3 Å². The predicted octanol–water partition coefficient (Wildman–Crippen LogP) is -0.243. The SMILES string of the molecule is NCC1CC(NCCO)CN1c1ccc(N)cc1. The Bertz CT molecular complexity index is 368. The highest BCUT2D eigenvalue weighted by Crippen LogP contribution is 2.25. The van der Waals surface area contributed by atoms with E-state index in [0.29, 0.717) is 25.2 Å². The van der Waals surface area contributed by atoms with Crippen molar-refractivity contribution in [2.75, 3.05) is 36.9 Å². The van der Waals surface area contributed by atoms with Crippen LogP contribution >= 0.6 is 0 Å². The maximum atomic E-state index is 8.85. The van der Waals surface area contributed by atoms with Crippen LogP contribution in [-0.2, 0) is 0 Å². The standard InChI is InChI=1S/C13H22N4O/c14-8-13-7-11(16-5-6-18)9-17(13)12-3-1-10(15)2-4-12/h1-4,11,13,16,18H,5-9,14-15H2. The van der Waals surface area contributed by atoms with Crippen molar-refractivity contribution in [2.24, 2.45) is 5.73 Å². The number of hydrogen-bond acceptors (Lipinski definition) is 5. The minimum atomic E-state index is 0.172. The van der Waals surface area contributed by atoms with E-state index < -0.39 is 0 Å². The molecule has 6 N–H and O–H groups in total. The summed E-state index contributed by atoms with van der Waals surface area (Å²) in [5.74, 6) is 0. The number of aliphatic hydroxyl groups excluding tert-OH is 1. The molecule has 0 saturated carbocycles. The van der Waals surface area contributed by atoms with E-state index in [-0.39, 0.29) is 6.61 Å². The lowest BCUT2D eigenvalue weighted by atomic mass is 10.1. The first-order valence-corrected chi connectivity index (χ1v) is 6.41. The minimum Gasteiger partial charge on any atom is -0.399 e. The third-order valence-corrected chi connectivity index (χ3v) is 3.46. The molecule has 2 unspecified atom stereocenters. The van der Waals surface area contributed by atoms with E-state index >= 15 is 0 Å². The highest BCUT2D eigenvalue weighted by Gasteiger charge is 2.30. The summed E-state index contributed by atoms with van der Waals surface area (Å²) in [6, 6.07) is 8.64.